The number of nitrogens with zero attached hydrogens (tertiary/aromatic N) is 1. The second kappa shape index (κ2) is 6.41. The summed E-state index contributed by atoms with van der Waals surface area (Å²) in [4.78, 5) is 4.04. The molecule has 1 fully saturated rings. The molecule has 8 heteroatoms. The van der Waals surface area contributed by atoms with E-state index < -0.39 is 17.8 Å². The number of oxazole rings is 1. The molecule has 0 bridgehead atoms. The van der Waals surface area contributed by atoms with Crippen LogP contribution in [0.2, 0.25) is 5.02 Å². The van der Waals surface area contributed by atoms with Crippen LogP contribution in [0.1, 0.15) is 24.0 Å². The van der Waals surface area contributed by atoms with E-state index in [1.54, 1.807) is 0 Å². The lowest BCUT2D eigenvalue weighted by atomic mass is 10.0. The summed E-state index contributed by atoms with van der Waals surface area (Å²) in [5.41, 5.74) is -0.910. The van der Waals surface area contributed by atoms with Gasteiger partial charge in [-0.3, -0.25) is 0 Å². The van der Waals surface area contributed by atoms with Gasteiger partial charge >= 0.3 is 6.18 Å². The third-order valence-electron chi connectivity index (χ3n) is 3.72. The van der Waals surface area contributed by atoms with E-state index in [1.165, 1.54) is 24.6 Å². The Kier molecular flexibility index (Phi) is 4.50. The van der Waals surface area contributed by atoms with Crippen molar-refractivity contribution in [3.8, 4) is 5.75 Å². The first kappa shape index (κ1) is 16.1. The van der Waals surface area contributed by atoms with Crippen LogP contribution in [0.5, 0.6) is 5.75 Å². The van der Waals surface area contributed by atoms with E-state index in [0.717, 1.165) is 19.0 Å². The Balaban J connectivity index is 1.94. The Morgan fingerprint density at radius 3 is 2.83 bits per heavy atom. The first-order chi connectivity index (χ1) is 10.9. The molecular weight excluding hydrogens is 333 g/mol. The third-order valence-corrected chi connectivity index (χ3v) is 3.96. The fourth-order valence-electron chi connectivity index (χ4n) is 2.62. The Bertz CT molecular complexity index is 655. The molecule has 2 heterocycles. The molecule has 1 aliphatic rings. The van der Waals surface area contributed by atoms with Crippen molar-refractivity contribution in [3.63, 3.8) is 0 Å². The van der Waals surface area contributed by atoms with Crippen molar-refractivity contribution < 1.29 is 22.3 Å². The van der Waals surface area contributed by atoms with Crippen molar-refractivity contribution in [2.24, 2.45) is 5.92 Å². The average molecular weight is 347 g/mol. The van der Waals surface area contributed by atoms with Gasteiger partial charge in [-0.1, -0.05) is 11.6 Å². The highest BCUT2D eigenvalue weighted by Crippen LogP contribution is 2.41. The largest absolute Gasteiger partial charge is 0.480 e. The number of rotatable bonds is 4. The van der Waals surface area contributed by atoms with Gasteiger partial charge in [-0.15, -0.1) is 0 Å². The van der Waals surface area contributed by atoms with Gasteiger partial charge in [0.1, 0.15) is 12.0 Å². The Hall–Kier alpha value is -1.73. The zero-order valence-corrected chi connectivity index (χ0v) is 12.7. The number of alkyl halides is 3. The van der Waals surface area contributed by atoms with Crippen molar-refractivity contribution in [2.45, 2.75) is 18.7 Å². The van der Waals surface area contributed by atoms with Crippen LogP contribution >= 0.6 is 11.6 Å². The van der Waals surface area contributed by atoms with Gasteiger partial charge in [-0.2, -0.15) is 13.2 Å². The minimum atomic E-state index is -4.56. The van der Waals surface area contributed by atoms with Gasteiger partial charge in [0.25, 0.3) is 0 Å². The summed E-state index contributed by atoms with van der Waals surface area (Å²) < 4.78 is 50.6. The van der Waals surface area contributed by atoms with Crippen LogP contribution in [0.3, 0.4) is 0 Å². The Morgan fingerprint density at radius 2 is 2.22 bits per heavy atom. The quantitative estimate of drug-likeness (QED) is 0.906. The molecule has 1 unspecified atom stereocenters. The number of hydrogen-bond acceptors (Lipinski definition) is 4. The van der Waals surface area contributed by atoms with Crippen molar-refractivity contribution in [3.05, 3.63) is 47.1 Å². The lowest BCUT2D eigenvalue weighted by Crippen LogP contribution is -2.23. The second-order valence-electron chi connectivity index (χ2n) is 5.30. The van der Waals surface area contributed by atoms with Crippen LogP contribution in [-0.2, 0) is 6.18 Å². The number of halogens is 4. The van der Waals surface area contributed by atoms with E-state index in [1.807, 2.05) is 0 Å². The van der Waals surface area contributed by atoms with E-state index in [0.29, 0.717) is 6.54 Å². The van der Waals surface area contributed by atoms with Gasteiger partial charge in [0.05, 0.1) is 11.8 Å². The van der Waals surface area contributed by atoms with Crippen LogP contribution in [0.15, 0.2) is 35.1 Å². The molecule has 1 aromatic heterocycles. The fourth-order valence-corrected chi connectivity index (χ4v) is 2.79. The molecule has 3 rings (SSSR count). The van der Waals surface area contributed by atoms with Gasteiger partial charge in [0.15, 0.2) is 6.10 Å². The predicted octanol–water partition coefficient (Wildman–Crippen LogP) is 4.08. The maximum absolute atomic E-state index is 13.2. The summed E-state index contributed by atoms with van der Waals surface area (Å²) in [7, 11) is 0. The van der Waals surface area contributed by atoms with Crippen molar-refractivity contribution in [2.75, 3.05) is 13.1 Å². The lowest BCUT2D eigenvalue weighted by molar-refractivity contribution is -0.139. The van der Waals surface area contributed by atoms with Gasteiger partial charge < -0.3 is 14.5 Å². The molecule has 0 saturated carbocycles. The molecule has 23 heavy (non-hydrogen) atoms. The van der Waals surface area contributed by atoms with E-state index in [4.69, 9.17) is 20.8 Å². The van der Waals surface area contributed by atoms with E-state index >= 15 is 0 Å². The van der Waals surface area contributed by atoms with Crippen LogP contribution in [-0.4, -0.2) is 18.1 Å². The molecule has 124 valence electrons. The normalized spacial score (nSPS) is 19.7. The van der Waals surface area contributed by atoms with Crippen LogP contribution < -0.4 is 10.1 Å². The SMILES string of the molecule is FC(F)(F)c1cc(Cl)ccc1OC(c1ncco1)[C@H]1CCNC1. The maximum Gasteiger partial charge on any atom is 0.420 e. The molecule has 0 radical (unpaired) electrons. The fraction of sp³-hybridized carbons (Fsp3) is 0.400. The van der Waals surface area contributed by atoms with Gasteiger partial charge in [-0.05, 0) is 31.2 Å². The number of hydrogen-bond donors (Lipinski definition) is 1. The molecule has 0 amide bonds. The van der Waals surface area contributed by atoms with Crippen molar-refractivity contribution >= 4 is 11.6 Å². The smallest absolute Gasteiger partial charge is 0.420 e. The van der Waals surface area contributed by atoms with Crippen LogP contribution in [0, 0.1) is 5.92 Å². The van der Waals surface area contributed by atoms with Gasteiger partial charge in [-0.25, -0.2) is 4.98 Å². The van der Waals surface area contributed by atoms with Crippen LogP contribution in [0.4, 0.5) is 13.2 Å². The Labute approximate surface area is 135 Å². The zero-order valence-electron chi connectivity index (χ0n) is 11.9. The van der Waals surface area contributed by atoms with E-state index in [2.05, 4.69) is 10.3 Å². The highest BCUT2D eigenvalue weighted by molar-refractivity contribution is 6.30. The lowest BCUT2D eigenvalue weighted by Gasteiger charge is -2.23. The number of benzene rings is 1. The van der Waals surface area contributed by atoms with Gasteiger partial charge in [0.2, 0.25) is 5.89 Å². The Morgan fingerprint density at radius 1 is 1.39 bits per heavy atom. The van der Waals surface area contributed by atoms with Crippen LogP contribution in [0.25, 0.3) is 0 Å². The van der Waals surface area contributed by atoms with Crippen molar-refractivity contribution in [1.29, 1.82) is 0 Å². The molecule has 4 nitrogen and oxygen atoms in total. The molecule has 1 saturated heterocycles. The average Bonchev–Trinajstić information content (AvgIpc) is 3.18. The van der Waals surface area contributed by atoms with Gasteiger partial charge in [0, 0.05) is 17.5 Å². The molecular formula is C15H14ClF3N2O2. The summed E-state index contributed by atoms with van der Waals surface area (Å²) in [6.07, 6.45) is -1.67. The molecule has 1 aromatic carbocycles. The highest BCUT2D eigenvalue weighted by atomic mass is 35.5. The van der Waals surface area contributed by atoms with Crippen molar-refractivity contribution in [1.82, 2.24) is 10.3 Å². The molecule has 0 spiro atoms. The summed E-state index contributed by atoms with van der Waals surface area (Å²) in [6.45, 7) is 1.40. The highest BCUT2D eigenvalue weighted by Gasteiger charge is 2.37. The molecule has 0 aliphatic carbocycles. The standard InChI is InChI=1S/C15H14ClF3N2O2/c16-10-1-2-12(11(7-10)15(17,18)19)23-13(9-3-4-20-8-9)14-21-5-6-22-14/h1-2,5-7,9,13,20H,3-4,8H2/t9-,13?/m0/s1. The molecule has 2 aromatic rings. The zero-order chi connectivity index (χ0) is 16.4. The third kappa shape index (κ3) is 3.61. The topological polar surface area (TPSA) is 47.3 Å². The molecule has 1 aliphatic heterocycles. The summed E-state index contributed by atoms with van der Waals surface area (Å²) in [5.74, 6) is -0.0378. The number of ether oxygens (including phenoxy) is 1. The summed E-state index contributed by atoms with van der Waals surface area (Å²) >= 11 is 5.69. The summed E-state index contributed by atoms with van der Waals surface area (Å²) in [6, 6.07) is 3.45. The first-order valence-electron chi connectivity index (χ1n) is 7.08. The molecule has 2 atom stereocenters. The summed E-state index contributed by atoms with van der Waals surface area (Å²) in [5, 5.41) is 3.16. The monoisotopic (exact) mass is 346 g/mol. The predicted molar refractivity (Wildman–Crippen MR) is 77.3 cm³/mol. The number of nitrogens with one attached hydrogen (secondary N) is 1. The van der Waals surface area contributed by atoms with E-state index in [-0.39, 0.29) is 22.6 Å². The molecule has 1 N–H and O–H groups in total. The minimum absolute atomic E-state index is 0.000110. The first-order valence-corrected chi connectivity index (χ1v) is 7.46. The van der Waals surface area contributed by atoms with E-state index in [9.17, 15) is 13.2 Å². The second-order valence-corrected chi connectivity index (χ2v) is 5.74. The maximum atomic E-state index is 13.2. The number of aromatic nitrogens is 1. The minimum Gasteiger partial charge on any atom is -0.480 e.